The topological polar surface area (TPSA) is 63.7 Å². The Balaban J connectivity index is 2.06. The van der Waals surface area contributed by atoms with Crippen LogP contribution in [0.5, 0.6) is 0 Å². The van der Waals surface area contributed by atoms with Gasteiger partial charge in [0.1, 0.15) is 0 Å². The highest BCUT2D eigenvalue weighted by atomic mass is 16.6. The molecule has 1 heterocycles. The minimum atomic E-state index is -1.31. The second kappa shape index (κ2) is 5.40. The van der Waals surface area contributed by atoms with Crippen LogP contribution in [0.15, 0.2) is 36.4 Å². The lowest BCUT2D eigenvalue weighted by Crippen LogP contribution is -2.51. The summed E-state index contributed by atoms with van der Waals surface area (Å²) < 4.78 is 5.70. The minimum absolute atomic E-state index is 0.258. The fourth-order valence-corrected chi connectivity index (χ4v) is 3.14. The Bertz CT molecular complexity index is 661. The molecule has 1 unspecified atom stereocenters. The number of nitrogens with zero attached hydrogens (tertiary/aromatic N) is 1. The zero-order valence-electron chi connectivity index (χ0n) is 12.4. The zero-order valence-corrected chi connectivity index (χ0v) is 12.4. The van der Waals surface area contributed by atoms with Crippen LogP contribution >= 0.6 is 0 Å². The molecule has 1 aromatic carbocycles. The summed E-state index contributed by atoms with van der Waals surface area (Å²) in [4.78, 5) is 37.5. The van der Waals surface area contributed by atoms with Gasteiger partial charge in [0.25, 0.3) is 11.8 Å². The molecule has 0 radical (unpaired) electrons. The van der Waals surface area contributed by atoms with Crippen molar-refractivity contribution in [2.75, 3.05) is 0 Å². The van der Waals surface area contributed by atoms with Gasteiger partial charge in [0.15, 0.2) is 0 Å². The molecule has 3 rings (SSSR count). The first kappa shape index (κ1) is 14.5. The standard InChI is InChI=1S/C17H17NO4/c1-2-5-16(21)22-17(18-14(19)8-9-15(18)20)11-10-12-6-3-4-7-13(12)17/h3-4,6-9H,2,5,10-11H2,1H3. The molecular weight excluding hydrogens is 282 g/mol. The summed E-state index contributed by atoms with van der Waals surface area (Å²) in [5.74, 6) is -1.27. The van der Waals surface area contributed by atoms with Crippen molar-refractivity contribution in [2.45, 2.75) is 38.3 Å². The number of rotatable bonds is 4. The van der Waals surface area contributed by atoms with E-state index in [1.807, 2.05) is 31.2 Å². The molecule has 1 atom stereocenters. The maximum Gasteiger partial charge on any atom is 0.308 e. The summed E-state index contributed by atoms with van der Waals surface area (Å²) in [5.41, 5.74) is 0.421. The summed E-state index contributed by atoms with van der Waals surface area (Å²) >= 11 is 0. The predicted octanol–water partition coefficient (Wildman–Crippen LogP) is 2.05. The molecule has 1 aromatic rings. The number of amides is 2. The van der Waals surface area contributed by atoms with Crippen LogP contribution in [0.1, 0.15) is 37.3 Å². The molecule has 0 spiro atoms. The molecule has 2 amide bonds. The van der Waals surface area contributed by atoms with Crippen LogP contribution in [0, 0.1) is 0 Å². The summed E-state index contributed by atoms with van der Waals surface area (Å²) in [6, 6.07) is 7.48. The quantitative estimate of drug-likeness (QED) is 0.630. The van der Waals surface area contributed by atoms with Gasteiger partial charge < -0.3 is 4.74 Å². The Morgan fingerprint density at radius 2 is 1.91 bits per heavy atom. The first-order valence-electron chi connectivity index (χ1n) is 7.45. The van der Waals surface area contributed by atoms with Crippen LogP contribution in [-0.4, -0.2) is 22.7 Å². The average Bonchev–Trinajstić information content (AvgIpc) is 3.02. The van der Waals surface area contributed by atoms with Gasteiger partial charge in [-0.1, -0.05) is 31.2 Å². The van der Waals surface area contributed by atoms with E-state index >= 15 is 0 Å². The number of esters is 1. The van der Waals surface area contributed by atoms with Crippen molar-refractivity contribution < 1.29 is 19.1 Å². The predicted molar refractivity (Wildman–Crippen MR) is 78.4 cm³/mol. The van der Waals surface area contributed by atoms with E-state index in [-0.39, 0.29) is 6.42 Å². The number of carbonyl (C=O) groups is 3. The third-order valence-electron chi connectivity index (χ3n) is 4.08. The normalized spacial score (nSPS) is 23.0. The van der Waals surface area contributed by atoms with Gasteiger partial charge in [-0.05, 0) is 18.4 Å². The highest BCUT2D eigenvalue weighted by molar-refractivity contribution is 6.13. The Morgan fingerprint density at radius 3 is 2.59 bits per heavy atom. The van der Waals surface area contributed by atoms with Gasteiger partial charge in [0.2, 0.25) is 5.72 Å². The molecule has 0 fully saturated rings. The molecule has 0 saturated heterocycles. The highest BCUT2D eigenvalue weighted by Gasteiger charge is 2.52. The van der Waals surface area contributed by atoms with Crippen LogP contribution in [0.25, 0.3) is 0 Å². The van der Waals surface area contributed by atoms with Crippen molar-refractivity contribution in [3.05, 3.63) is 47.5 Å². The Morgan fingerprint density at radius 1 is 1.23 bits per heavy atom. The van der Waals surface area contributed by atoms with Crippen LogP contribution in [-0.2, 0) is 31.3 Å². The molecule has 22 heavy (non-hydrogen) atoms. The van der Waals surface area contributed by atoms with E-state index in [2.05, 4.69) is 0 Å². The smallest absolute Gasteiger partial charge is 0.308 e. The fourth-order valence-electron chi connectivity index (χ4n) is 3.14. The molecule has 5 nitrogen and oxygen atoms in total. The number of hydrogen-bond acceptors (Lipinski definition) is 4. The summed E-state index contributed by atoms with van der Waals surface area (Å²) in [6.45, 7) is 1.88. The molecule has 0 saturated carbocycles. The first-order valence-corrected chi connectivity index (χ1v) is 7.45. The number of ether oxygens (including phenoxy) is 1. The molecule has 0 aromatic heterocycles. The Kier molecular flexibility index (Phi) is 3.56. The van der Waals surface area contributed by atoms with Gasteiger partial charge in [0.05, 0.1) is 0 Å². The molecule has 114 valence electrons. The van der Waals surface area contributed by atoms with Crippen LogP contribution < -0.4 is 0 Å². The van der Waals surface area contributed by atoms with E-state index in [4.69, 9.17) is 4.74 Å². The first-order chi connectivity index (χ1) is 10.6. The third kappa shape index (κ3) is 2.13. The van der Waals surface area contributed by atoms with Crippen molar-refractivity contribution in [3.8, 4) is 0 Å². The summed E-state index contributed by atoms with van der Waals surface area (Å²) in [6.07, 6.45) is 4.41. The molecule has 2 aliphatic rings. The van der Waals surface area contributed by atoms with Crippen LogP contribution in [0.3, 0.4) is 0 Å². The lowest BCUT2D eigenvalue weighted by Gasteiger charge is -2.37. The number of carbonyl (C=O) groups excluding carboxylic acids is 3. The summed E-state index contributed by atoms with van der Waals surface area (Å²) in [5, 5.41) is 0. The summed E-state index contributed by atoms with van der Waals surface area (Å²) in [7, 11) is 0. The van der Waals surface area contributed by atoms with Crippen molar-refractivity contribution >= 4 is 17.8 Å². The fraction of sp³-hybridized carbons (Fsp3) is 0.353. The number of benzene rings is 1. The van der Waals surface area contributed by atoms with E-state index in [0.717, 1.165) is 16.0 Å². The van der Waals surface area contributed by atoms with Gasteiger partial charge in [-0.3, -0.25) is 14.4 Å². The highest BCUT2D eigenvalue weighted by Crippen LogP contribution is 2.44. The Hall–Kier alpha value is -2.43. The van der Waals surface area contributed by atoms with E-state index in [1.54, 1.807) is 0 Å². The van der Waals surface area contributed by atoms with E-state index in [9.17, 15) is 14.4 Å². The zero-order chi connectivity index (χ0) is 15.7. The number of hydrogen-bond donors (Lipinski definition) is 0. The number of imide groups is 1. The Labute approximate surface area is 128 Å². The van der Waals surface area contributed by atoms with Crippen molar-refractivity contribution in [1.29, 1.82) is 0 Å². The lowest BCUT2D eigenvalue weighted by molar-refractivity contribution is -0.192. The maximum absolute atomic E-state index is 12.2. The van der Waals surface area contributed by atoms with Crippen molar-refractivity contribution in [1.82, 2.24) is 4.90 Å². The average molecular weight is 299 g/mol. The SMILES string of the molecule is CCCC(=O)OC1(N2C(=O)C=CC2=O)CCc2ccccc21. The van der Waals surface area contributed by atoms with Gasteiger partial charge in [0, 0.05) is 30.6 Å². The van der Waals surface area contributed by atoms with E-state index in [0.29, 0.717) is 19.3 Å². The number of aryl methyl sites for hydroxylation is 1. The van der Waals surface area contributed by atoms with Crippen LogP contribution in [0.2, 0.25) is 0 Å². The maximum atomic E-state index is 12.2. The lowest BCUT2D eigenvalue weighted by atomic mass is 10.0. The van der Waals surface area contributed by atoms with E-state index in [1.165, 1.54) is 12.2 Å². The molecule has 1 aliphatic carbocycles. The van der Waals surface area contributed by atoms with Crippen LogP contribution in [0.4, 0.5) is 0 Å². The molecule has 0 bridgehead atoms. The number of fused-ring (bicyclic) bond motifs is 1. The van der Waals surface area contributed by atoms with Gasteiger partial charge in [-0.2, -0.15) is 0 Å². The van der Waals surface area contributed by atoms with Crippen molar-refractivity contribution in [3.63, 3.8) is 0 Å². The molecule has 1 aliphatic heterocycles. The van der Waals surface area contributed by atoms with E-state index < -0.39 is 23.5 Å². The minimum Gasteiger partial charge on any atom is -0.434 e. The molecule has 5 heteroatoms. The molecule has 0 N–H and O–H groups in total. The van der Waals surface area contributed by atoms with Gasteiger partial charge >= 0.3 is 5.97 Å². The second-order valence-electron chi connectivity index (χ2n) is 5.51. The second-order valence-corrected chi connectivity index (χ2v) is 5.51. The largest absolute Gasteiger partial charge is 0.434 e. The third-order valence-corrected chi connectivity index (χ3v) is 4.08. The monoisotopic (exact) mass is 299 g/mol. The van der Waals surface area contributed by atoms with Crippen molar-refractivity contribution in [2.24, 2.45) is 0 Å². The van der Waals surface area contributed by atoms with Gasteiger partial charge in [-0.15, -0.1) is 0 Å². The van der Waals surface area contributed by atoms with Gasteiger partial charge in [-0.25, -0.2) is 4.90 Å². The molecular formula is C17H17NO4.